The van der Waals surface area contributed by atoms with Crippen LogP contribution < -0.4 is 0 Å². The van der Waals surface area contributed by atoms with E-state index >= 15 is 0 Å². The van der Waals surface area contributed by atoms with Gasteiger partial charge in [-0.1, -0.05) is 55.7 Å². The number of aliphatic hydroxyl groups excluding tert-OH is 1. The third-order valence-electron chi connectivity index (χ3n) is 6.10. The van der Waals surface area contributed by atoms with E-state index in [2.05, 4.69) is 33.1 Å². The first-order valence-corrected chi connectivity index (χ1v) is 12.2. The molecule has 0 radical (unpaired) electrons. The molecule has 0 heterocycles. The van der Waals surface area contributed by atoms with Crippen molar-refractivity contribution in [1.82, 2.24) is 4.90 Å². The van der Waals surface area contributed by atoms with Gasteiger partial charge in [0.25, 0.3) is 0 Å². The van der Waals surface area contributed by atoms with Crippen molar-refractivity contribution in [2.24, 2.45) is 11.8 Å². The molecule has 1 aliphatic carbocycles. The van der Waals surface area contributed by atoms with E-state index in [0.29, 0.717) is 17.9 Å². The molecule has 6 nitrogen and oxygen atoms in total. The molecule has 0 aromatic rings. The van der Waals surface area contributed by atoms with E-state index in [0.717, 1.165) is 49.7 Å². The summed E-state index contributed by atoms with van der Waals surface area (Å²) in [6.45, 7) is 17.1. The summed E-state index contributed by atoms with van der Waals surface area (Å²) in [5, 5.41) is 11.2. The van der Waals surface area contributed by atoms with E-state index in [4.69, 9.17) is 14.2 Å². The SMILES string of the molecule is C=C(OCN(C)C(=O)OCCOC)/C(=C(O)\C=C(/C)CCCCC)C1C=C(C)CCC1C(=C)C. The van der Waals surface area contributed by atoms with E-state index in [1.807, 2.05) is 19.9 Å². The number of ether oxygens (including phenoxy) is 3. The molecule has 0 bridgehead atoms. The van der Waals surface area contributed by atoms with Gasteiger partial charge in [-0.2, -0.15) is 0 Å². The van der Waals surface area contributed by atoms with Crippen molar-refractivity contribution in [3.8, 4) is 0 Å². The highest BCUT2D eigenvalue weighted by Crippen LogP contribution is 2.41. The summed E-state index contributed by atoms with van der Waals surface area (Å²) in [6, 6.07) is 0. The Morgan fingerprint density at radius 1 is 1.24 bits per heavy atom. The van der Waals surface area contributed by atoms with Crippen LogP contribution in [0.4, 0.5) is 4.79 Å². The van der Waals surface area contributed by atoms with Crippen molar-refractivity contribution in [1.29, 1.82) is 0 Å². The molecular weight excluding hydrogens is 430 g/mol. The number of hydrogen-bond acceptors (Lipinski definition) is 5. The molecule has 1 rings (SSSR count). The first kappa shape index (κ1) is 29.6. The van der Waals surface area contributed by atoms with Gasteiger partial charge in [0, 0.05) is 25.6 Å². The van der Waals surface area contributed by atoms with Crippen LogP contribution in [0.3, 0.4) is 0 Å². The number of hydrogen-bond donors (Lipinski definition) is 1. The van der Waals surface area contributed by atoms with Crippen LogP contribution in [-0.4, -0.2) is 50.2 Å². The molecule has 1 amide bonds. The van der Waals surface area contributed by atoms with Crippen molar-refractivity contribution >= 4 is 6.09 Å². The Balaban J connectivity index is 3.17. The lowest BCUT2D eigenvalue weighted by atomic mass is 9.73. The fraction of sp³-hybridized carbons (Fsp3) is 0.607. The molecule has 34 heavy (non-hydrogen) atoms. The van der Waals surface area contributed by atoms with Gasteiger partial charge < -0.3 is 19.3 Å². The van der Waals surface area contributed by atoms with Gasteiger partial charge in [0.15, 0.2) is 6.73 Å². The zero-order valence-electron chi connectivity index (χ0n) is 22.1. The van der Waals surface area contributed by atoms with Crippen molar-refractivity contribution in [2.45, 2.75) is 66.2 Å². The second-order valence-electron chi connectivity index (χ2n) is 9.28. The fourth-order valence-corrected chi connectivity index (χ4v) is 4.07. The van der Waals surface area contributed by atoms with Gasteiger partial charge in [0.2, 0.25) is 0 Å². The Bertz CT molecular complexity index is 793. The molecule has 1 aliphatic rings. The lowest BCUT2D eigenvalue weighted by molar-refractivity contribution is 0.0454. The third-order valence-corrected chi connectivity index (χ3v) is 6.10. The Hall–Kier alpha value is -2.47. The average Bonchev–Trinajstić information content (AvgIpc) is 2.77. The monoisotopic (exact) mass is 475 g/mol. The Morgan fingerprint density at radius 2 is 1.94 bits per heavy atom. The molecule has 2 unspecified atom stereocenters. The maximum Gasteiger partial charge on any atom is 0.412 e. The first-order chi connectivity index (χ1) is 16.1. The average molecular weight is 476 g/mol. The highest BCUT2D eigenvalue weighted by Gasteiger charge is 2.31. The van der Waals surface area contributed by atoms with Gasteiger partial charge in [-0.15, -0.1) is 0 Å². The predicted molar refractivity (Wildman–Crippen MR) is 138 cm³/mol. The molecule has 0 fully saturated rings. The summed E-state index contributed by atoms with van der Waals surface area (Å²) in [7, 11) is 3.13. The number of carbonyl (C=O) groups excluding carboxylic acids is 1. The Morgan fingerprint density at radius 3 is 2.56 bits per heavy atom. The number of unbranched alkanes of at least 4 members (excludes halogenated alkanes) is 2. The van der Waals surface area contributed by atoms with Crippen LogP contribution in [0, 0.1) is 11.8 Å². The Kier molecular flexibility index (Phi) is 13.4. The summed E-state index contributed by atoms with van der Waals surface area (Å²) < 4.78 is 15.9. The maximum atomic E-state index is 12.1. The van der Waals surface area contributed by atoms with Gasteiger partial charge in [-0.3, -0.25) is 4.90 Å². The molecule has 0 aromatic heterocycles. The molecule has 0 aromatic carbocycles. The number of methoxy groups -OCH3 is 1. The first-order valence-electron chi connectivity index (χ1n) is 12.2. The third kappa shape index (κ3) is 9.80. The Labute approximate surface area is 206 Å². The van der Waals surface area contributed by atoms with E-state index in [-0.39, 0.29) is 30.9 Å². The molecule has 6 heteroatoms. The highest BCUT2D eigenvalue weighted by molar-refractivity contribution is 5.67. The number of aliphatic hydroxyl groups is 1. The zero-order chi connectivity index (χ0) is 25.7. The summed E-state index contributed by atoms with van der Waals surface area (Å²) in [6.07, 6.45) is 9.78. The molecule has 0 aliphatic heterocycles. The second-order valence-corrected chi connectivity index (χ2v) is 9.28. The van der Waals surface area contributed by atoms with Gasteiger partial charge in [-0.05, 0) is 58.4 Å². The van der Waals surface area contributed by atoms with Crippen LogP contribution in [0.15, 0.2) is 59.1 Å². The van der Waals surface area contributed by atoms with E-state index < -0.39 is 6.09 Å². The minimum Gasteiger partial charge on any atom is -0.508 e. The molecule has 0 saturated heterocycles. The van der Waals surface area contributed by atoms with Gasteiger partial charge in [0.1, 0.15) is 18.1 Å². The largest absolute Gasteiger partial charge is 0.508 e. The standard InChI is InChI=1S/C28H45NO5/c1-9-10-11-12-21(4)18-26(30)27(25-17-22(5)13-14-24(25)20(2)3)23(6)34-19-29(7)28(31)33-16-15-32-8/h17-18,24-25,30H,2,6,9-16,19H2,1,3-5,7-8H3/b21-18+,27-26-. The highest BCUT2D eigenvalue weighted by atomic mass is 16.6. The van der Waals surface area contributed by atoms with Crippen LogP contribution in [0.25, 0.3) is 0 Å². The second kappa shape index (κ2) is 15.4. The normalized spacial score (nSPS) is 19.1. The van der Waals surface area contributed by atoms with Crippen LogP contribution in [0.2, 0.25) is 0 Å². The predicted octanol–water partition coefficient (Wildman–Crippen LogP) is 7.08. The lowest BCUT2D eigenvalue weighted by Crippen LogP contribution is -2.31. The topological polar surface area (TPSA) is 68.2 Å². The van der Waals surface area contributed by atoms with Crippen molar-refractivity contribution in [3.63, 3.8) is 0 Å². The summed E-state index contributed by atoms with van der Waals surface area (Å²) in [5.74, 6) is 0.574. The van der Waals surface area contributed by atoms with Crippen molar-refractivity contribution in [3.05, 3.63) is 59.1 Å². The minimum absolute atomic E-state index is 0.0478. The van der Waals surface area contributed by atoms with Crippen molar-refractivity contribution < 1.29 is 24.1 Å². The number of carbonyl (C=O) groups is 1. The van der Waals surface area contributed by atoms with Gasteiger partial charge in [-0.25, -0.2) is 4.79 Å². The lowest BCUT2D eigenvalue weighted by Gasteiger charge is -2.33. The number of rotatable bonds is 14. The van der Waals surface area contributed by atoms with E-state index in [1.54, 1.807) is 14.2 Å². The van der Waals surface area contributed by atoms with Gasteiger partial charge in [0.05, 0.1) is 6.61 Å². The van der Waals surface area contributed by atoms with E-state index in [9.17, 15) is 9.90 Å². The molecule has 2 atom stereocenters. The number of nitrogens with zero attached hydrogens (tertiary/aromatic N) is 1. The van der Waals surface area contributed by atoms with Crippen LogP contribution in [0.1, 0.15) is 66.2 Å². The van der Waals surface area contributed by atoms with Crippen molar-refractivity contribution in [2.75, 3.05) is 34.1 Å². The van der Waals surface area contributed by atoms with Gasteiger partial charge >= 0.3 is 6.09 Å². The zero-order valence-corrected chi connectivity index (χ0v) is 22.1. The summed E-state index contributed by atoms with van der Waals surface area (Å²) >= 11 is 0. The smallest absolute Gasteiger partial charge is 0.412 e. The molecular formula is C28H45NO5. The van der Waals surface area contributed by atoms with Crippen LogP contribution >= 0.6 is 0 Å². The molecule has 0 spiro atoms. The van der Waals surface area contributed by atoms with Crippen LogP contribution in [0.5, 0.6) is 0 Å². The minimum atomic E-state index is -0.514. The summed E-state index contributed by atoms with van der Waals surface area (Å²) in [5.41, 5.74) is 4.08. The number of allylic oxidation sites excluding steroid dienone is 6. The number of amides is 1. The van der Waals surface area contributed by atoms with E-state index in [1.165, 1.54) is 10.5 Å². The van der Waals surface area contributed by atoms with Crippen LogP contribution in [-0.2, 0) is 14.2 Å². The summed E-state index contributed by atoms with van der Waals surface area (Å²) in [4.78, 5) is 13.5. The maximum absolute atomic E-state index is 12.1. The molecule has 0 saturated carbocycles. The molecule has 1 N–H and O–H groups in total. The fourth-order valence-electron chi connectivity index (χ4n) is 4.07. The quantitative estimate of drug-likeness (QED) is 0.0956. The molecule has 192 valence electrons.